The monoisotopic (exact) mass is 187 g/mol. The van der Waals surface area contributed by atoms with Crippen LogP contribution in [0.1, 0.15) is 19.7 Å². The maximum atomic E-state index is 4.85. The fraction of sp³-hybridized carbons (Fsp3) is 0.714. The second-order valence-corrected chi connectivity index (χ2v) is 3.73. The molecule has 0 spiro atoms. The fourth-order valence-electron chi connectivity index (χ4n) is 0.702. The second kappa shape index (κ2) is 2.99. The summed E-state index contributed by atoms with van der Waals surface area (Å²) < 4.78 is 4.85. The topological polar surface area (TPSA) is 45.1 Å². The highest BCUT2D eigenvalue weighted by atomic mass is 32.1. The van der Waals surface area contributed by atoms with Crippen LogP contribution in [-0.2, 0) is 5.54 Å². The summed E-state index contributed by atoms with van der Waals surface area (Å²) in [6.45, 7) is 4.08. The van der Waals surface area contributed by atoms with Gasteiger partial charge in [-0.05, 0) is 40.2 Å². The molecule has 0 saturated heterocycles. The van der Waals surface area contributed by atoms with E-state index in [1.54, 1.807) is 0 Å². The molecule has 0 unspecified atom stereocenters. The number of aromatic amines is 1. The highest BCUT2D eigenvalue weighted by Gasteiger charge is 2.26. The van der Waals surface area contributed by atoms with Gasteiger partial charge in [0.25, 0.3) is 0 Å². The smallest absolute Gasteiger partial charge is 0.314 e. The first-order chi connectivity index (χ1) is 5.44. The lowest BCUT2D eigenvalue weighted by Crippen LogP contribution is -2.36. The van der Waals surface area contributed by atoms with Crippen molar-refractivity contribution >= 4 is 12.2 Å². The van der Waals surface area contributed by atoms with E-state index < -0.39 is 0 Å². The van der Waals surface area contributed by atoms with Crippen LogP contribution < -0.4 is 0 Å². The Hall–Kier alpha value is -0.680. The molecule has 0 bridgehead atoms. The van der Waals surface area contributed by atoms with Gasteiger partial charge in [-0.25, -0.2) is 5.16 Å². The molecule has 5 heteroatoms. The molecule has 0 saturated carbocycles. The number of hydrogen-bond donors (Lipinski definition) is 1. The van der Waals surface area contributed by atoms with Crippen LogP contribution in [0.3, 0.4) is 0 Å². The average molecular weight is 187 g/mol. The molecule has 1 heterocycles. The first-order valence-electron chi connectivity index (χ1n) is 3.68. The van der Waals surface area contributed by atoms with Gasteiger partial charge < -0.3 is 4.52 Å². The maximum absolute atomic E-state index is 4.85. The lowest BCUT2D eigenvalue weighted by Gasteiger charge is -2.29. The molecule has 12 heavy (non-hydrogen) atoms. The lowest BCUT2D eigenvalue weighted by molar-refractivity contribution is 0.180. The number of nitrogens with one attached hydrogen (secondary N) is 1. The number of H-pyrrole nitrogens is 1. The van der Waals surface area contributed by atoms with Crippen LogP contribution >= 0.6 is 12.2 Å². The Morgan fingerprint density at radius 3 is 2.42 bits per heavy atom. The van der Waals surface area contributed by atoms with Gasteiger partial charge >= 0.3 is 4.84 Å². The minimum Gasteiger partial charge on any atom is -0.348 e. The third-order valence-electron chi connectivity index (χ3n) is 2.14. The van der Waals surface area contributed by atoms with E-state index in [2.05, 4.69) is 10.1 Å². The summed E-state index contributed by atoms with van der Waals surface area (Å²) in [6.07, 6.45) is 0. The minimum absolute atomic E-state index is 0.180. The van der Waals surface area contributed by atoms with Gasteiger partial charge in [0.1, 0.15) is 0 Å². The molecule has 0 aliphatic carbocycles. The third-order valence-corrected chi connectivity index (χ3v) is 2.31. The summed E-state index contributed by atoms with van der Waals surface area (Å²) in [5.41, 5.74) is -0.180. The average Bonchev–Trinajstić information content (AvgIpc) is 2.35. The summed E-state index contributed by atoms with van der Waals surface area (Å²) >= 11 is 4.76. The highest BCUT2D eigenvalue weighted by molar-refractivity contribution is 7.71. The molecule has 0 aliphatic heterocycles. The van der Waals surface area contributed by atoms with Gasteiger partial charge in [0, 0.05) is 0 Å². The second-order valence-electron chi connectivity index (χ2n) is 3.38. The number of rotatable bonds is 2. The van der Waals surface area contributed by atoms with E-state index in [0.29, 0.717) is 0 Å². The number of nitrogens with zero attached hydrogens (tertiary/aromatic N) is 2. The molecule has 0 aromatic carbocycles. The first kappa shape index (κ1) is 9.41. The van der Waals surface area contributed by atoms with Gasteiger partial charge in [-0.1, -0.05) is 0 Å². The Kier molecular flexibility index (Phi) is 2.34. The summed E-state index contributed by atoms with van der Waals surface area (Å²) in [7, 11) is 3.96. The highest BCUT2D eigenvalue weighted by Crippen LogP contribution is 2.21. The molecule has 68 valence electrons. The Bertz CT molecular complexity index is 312. The first-order valence-corrected chi connectivity index (χ1v) is 4.09. The van der Waals surface area contributed by atoms with Crippen molar-refractivity contribution in [2.45, 2.75) is 19.4 Å². The summed E-state index contributed by atoms with van der Waals surface area (Å²) in [4.78, 5) is 6.34. The van der Waals surface area contributed by atoms with Crippen LogP contribution in [0.2, 0.25) is 0 Å². The summed E-state index contributed by atoms with van der Waals surface area (Å²) in [6, 6.07) is 0. The Balaban J connectivity index is 3.05. The summed E-state index contributed by atoms with van der Waals surface area (Å²) in [5.74, 6) is 0.748. The molecule has 1 rings (SSSR count). The van der Waals surface area contributed by atoms with Crippen LogP contribution in [0.4, 0.5) is 0 Å². The maximum Gasteiger partial charge on any atom is 0.314 e. The summed E-state index contributed by atoms with van der Waals surface area (Å²) in [5, 5.41) is 2.70. The quantitative estimate of drug-likeness (QED) is 0.713. The molecule has 1 aromatic heterocycles. The van der Waals surface area contributed by atoms with E-state index in [1.807, 2.05) is 32.8 Å². The molecule has 0 aliphatic rings. The van der Waals surface area contributed by atoms with Gasteiger partial charge in [0.15, 0.2) is 5.82 Å². The van der Waals surface area contributed by atoms with Crippen LogP contribution in [0.25, 0.3) is 0 Å². The molecule has 0 atom stereocenters. The lowest BCUT2D eigenvalue weighted by atomic mass is 10.0. The van der Waals surface area contributed by atoms with Gasteiger partial charge in [-0.2, -0.15) is 4.98 Å². The van der Waals surface area contributed by atoms with Crippen molar-refractivity contribution in [1.29, 1.82) is 0 Å². The van der Waals surface area contributed by atoms with Crippen molar-refractivity contribution in [3.63, 3.8) is 0 Å². The van der Waals surface area contributed by atoms with E-state index in [4.69, 9.17) is 16.7 Å². The van der Waals surface area contributed by atoms with Crippen LogP contribution in [-0.4, -0.2) is 29.1 Å². The Morgan fingerprint density at radius 1 is 1.50 bits per heavy atom. The zero-order valence-electron chi connectivity index (χ0n) is 7.71. The van der Waals surface area contributed by atoms with Crippen molar-refractivity contribution in [2.75, 3.05) is 14.1 Å². The molecular weight excluding hydrogens is 174 g/mol. The van der Waals surface area contributed by atoms with Crippen LogP contribution in [0.15, 0.2) is 4.52 Å². The molecule has 1 aromatic rings. The standard InChI is InChI=1S/C7H13N3OS/c1-7(2,10(3)4)5-8-6(12)11-9-5/h1-4H3,(H,8,9,12). The zero-order chi connectivity index (χ0) is 9.35. The molecule has 0 fully saturated rings. The van der Waals surface area contributed by atoms with Crippen molar-refractivity contribution < 1.29 is 4.52 Å². The van der Waals surface area contributed by atoms with Gasteiger partial charge in [0.2, 0.25) is 0 Å². The van der Waals surface area contributed by atoms with Gasteiger partial charge in [-0.15, -0.1) is 0 Å². The SMILES string of the molecule is CN(C)C(C)(C)c1nc(=S)o[nH]1. The van der Waals surface area contributed by atoms with Crippen LogP contribution in [0.5, 0.6) is 0 Å². The van der Waals surface area contributed by atoms with Crippen molar-refractivity contribution in [2.24, 2.45) is 0 Å². The third kappa shape index (κ3) is 1.56. The fourth-order valence-corrected chi connectivity index (χ4v) is 0.835. The van der Waals surface area contributed by atoms with E-state index in [-0.39, 0.29) is 10.4 Å². The van der Waals surface area contributed by atoms with Gasteiger partial charge in [-0.3, -0.25) is 4.90 Å². The zero-order valence-corrected chi connectivity index (χ0v) is 8.53. The van der Waals surface area contributed by atoms with Crippen molar-refractivity contribution in [3.8, 4) is 0 Å². The molecule has 4 nitrogen and oxygen atoms in total. The largest absolute Gasteiger partial charge is 0.348 e. The van der Waals surface area contributed by atoms with E-state index >= 15 is 0 Å². The van der Waals surface area contributed by atoms with Crippen molar-refractivity contribution in [1.82, 2.24) is 15.0 Å². The Morgan fingerprint density at radius 2 is 2.08 bits per heavy atom. The minimum atomic E-state index is -0.180. The van der Waals surface area contributed by atoms with E-state index in [0.717, 1.165) is 5.82 Å². The molecule has 1 N–H and O–H groups in total. The molecule has 0 radical (unpaired) electrons. The van der Waals surface area contributed by atoms with E-state index in [1.165, 1.54) is 0 Å². The number of hydrogen-bond acceptors (Lipinski definition) is 4. The predicted molar refractivity (Wildman–Crippen MR) is 48.4 cm³/mol. The molecule has 0 amide bonds. The Labute approximate surface area is 76.6 Å². The van der Waals surface area contributed by atoms with E-state index in [9.17, 15) is 0 Å². The number of aromatic nitrogens is 2. The van der Waals surface area contributed by atoms with Gasteiger partial charge in [0.05, 0.1) is 5.54 Å². The predicted octanol–water partition coefficient (Wildman–Crippen LogP) is 1.53. The molecular formula is C7H13N3OS. The van der Waals surface area contributed by atoms with Crippen LogP contribution in [0, 0.1) is 4.84 Å². The normalized spacial score (nSPS) is 12.4. The van der Waals surface area contributed by atoms with Crippen molar-refractivity contribution in [3.05, 3.63) is 10.7 Å².